The molecule has 1 rings (SSSR count). The summed E-state index contributed by atoms with van der Waals surface area (Å²) in [6.45, 7) is 0. The number of anilines is 1. The summed E-state index contributed by atoms with van der Waals surface area (Å²) >= 11 is 2.85. The van der Waals surface area contributed by atoms with E-state index in [2.05, 4.69) is 21.2 Å². The lowest BCUT2D eigenvalue weighted by molar-refractivity contribution is -0.402. The Kier molecular flexibility index (Phi) is 4.16. The number of nitrogens with one attached hydrogen (secondary N) is 1. The Morgan fingerprint density at radius 3 is 2.76 bits per heavy atom. The molecule has 0 unspecified atom stereocenters. The lowest BCUT2D eigenvalue weighted by Crippen LogP contribution is -2.03. The van der Waals surface area contributed by atoms with Crippen molar-refractivity contribution < 1.29 is 19.2 Å². The minimum absolute atomic E-state index is 0.00120. The van der Waals surface area contributed by atoms with Gasteiger partial charge in [-0.3, -0.25) is 10.1 Å². The third kappa shape index (κ3) is 3.52. The second-order valence-corrected chi connectivity index (χ2v) is 3.72. The van der Waals surface area contributed by atoms with Crippen molar-refractivity contribution in [2.45, 2.75) is 0 Å². The Labute approximate surface area is 103 Å². The van der Waals surface area contributed by atoms with Crippen molar-refractivity contribution in [1.82, 2.24) is 0 Å². The standard InChI is InChI=1S/C9H6BrFN2O4/c10-6-3-5(9(14)15)8(4-7(6)11)12-1-2-13(16)17/h1-4,12H,(H,14,15)/b2-1+. The first-order valence-corrected chi connectivity index (χ1v) is 5.00. The van der Waals surface area contributed by atoms with E-state index in [9.17, 15) is 19.3 Å². The molecule has 0 fully saturated rings. The van der Waals surface area contributed by atoms with Crippen molar-refractivity contribution in [3.8, 4) is 0 Å². The van der Waals surface area contributed by atoms with Crippen LogP contribution in [0.15, 0.2) is 29.0 Å². The minimum Gasteiger partial charge on any atom is -0.478 e. The fraction of sp³-hybridized carbons (Fsp3) is 0. The lowest BCUT2D eigenvalue weighted by Gasteiger charge is -2.06. The number of carboxylic acid groups (broad SMARTS) is 1. The number of nitro groups is 1. The Bertz CT molecular complexity index is 504. The number of hydrogen-bond acceptors (Lipinski definition) is 4. The van der Waals surface area contributed by atoms with E-state index in [1.54, 1.807) is 0 Å². The highest BCUT2D eigenvalue weighted by Crippen LogP contribution is 2.24. The first-order valence-electron chi connectivity index (χ1n) is 4.21. The highest BCUT2D eigenvalue weighted by molar-refractivity contribution is 9.10. The summed E-state index contributed by atoms with van der Waals surface area (Å²) in [5.41, 5.74) is -0.275. The van der Waals surface area contributed by atoms with E-state index in [0.29, 0.717) is 6.20 Å². The third-order valence-electron chi connectivity index (χ3n) is 1.73. The summed E-state index contributed by atoms with van der Waals surface area (Å²) in [6.07, 6.45) is 1.49. The number of rotatable bonds is 4. The van der Waals surface area contributed by atoms with E-state index in [4.69, 9.17) is 5.11 Å². The van der Waals surface area contributed by atoms with Crippen molar-refractivity contribution in [1.29, 1.82) is 0 Å². The maximum atomic E-state index is 13.2. The molecule has 2 N–H and O–H groups in total. The molecule has 0 amide bonds. The molecule has 0 heterocycles. The van der Waals surface area contributed by atoms with Gasteiger partial charge in [-0.2, -0.15) is 0 Å². The van der Waals surface area contributed by atoms with E-state index >= 15 is 0 Å². The van der Waals surface area contributed by atoms with Gasteiger partial charge < -0.3 is 10.4 Å². The first kappa shape index (κ1) is 13.1. The lowest BCUT2D eigenvalue weighted by atomic mass is 10.2. The number of carbonyl (C=O) groups is 1. The third-order valence-corrected chi connectivity index (χ3v) is 2.33. The zero-order valence-corrected chi connectivity index (χ0v) is 9.77. The van der Waals surface area contributed by atoms with Gasteiger partial charge in [0.15, 0.2) is 0 Å². The van der Waals surface area contributed by atoms with Crippen LogP contribution in [0.2, 0.25) is 0 Å². The molecule has 0 bridgehead atoms. The molecule has 6 nitrogen and oxygen atoms in total. The molecule has 1 aromatic rings. The summed E-state index contributed by atoms with van der Waals surface area (Å²) in [7, 11) is 0. The van der Waals surface area contributed by atoms with Crippen LogP contribution in [-0.2, 0) is 0 Å². The van der Waals surface area contributed by atoms with Crippen molar-refractivity contribution in [3.63, 3.8) is 0 Å². The van der Waals surface area contributed by atoms with Crippen LogP contribution in [-0.4, -0.2) is 16.0 Å². The van der Waals surface area contributed by atoms with E-state index in [0.717, 1.165) is 18.3 Å². The maximum Gasteiger partial charge on any atom is 0.337 e. The number of aromatic carboxylic acids is 1. The fourth-order valence-corrected chi connectivity index (χ4v) is 1.37. The second-order valence-electron chi connectivity index (χ2n) is 2.86. The molecule has 8 heteroatoms. The van der Waals surface area contributed by atoms with Gasteiger partial charge in [0.05, 0.1) is 26.8 Å². The monoisotopic (exact) mass is 304 g/mol. The Morgan fingerprint density at radius 1 is 1.59 bits per heavy atom. The Balaban J connectivity index is 3.08. The van der Waals surface area contributed by atoms with E-state index < -0.39 is 16.7 Å². The van der Waals surface area contributed by atoms with Crippen molar-refractivity contribution in [2.24, 2.45) is 0 Å². The second kappa shape index (κ2) is 5.39. The van der Waals surface area contributed by atoms with E-state index in [1.807, 2.05) is 0 Å². The van der Waals surface area contributed by atoms with Crippen LogP contribution in [0.5, 0.6) is 0 Å². The Hall–Kier alpha value is -1.96. The van der Waals surface area contributed by atoms with Gasteiger partial charge in [-0.1, -0.05) is 0 Å². The van der Waals surface area contributed by atoms with E-state index in [-0.39, 0.29) is 15.7 Å². The predicted molar refractivity (Wildman–Crippen MR) is 60.8 cm³/mol. The highest BCUT2D eigenvalue weighted by Gasteiger charge is 2.13. The molecule has 0 aromatic heterocycles. The van der Waals surface area contributed by atoms with Crippen LogP contribution < -0.4 is 5.32 Å². The van der Waals surface area contributed by atoms with Gasteiger partial charge in [-0.15, -0.1) is 0 Å². The van der Waals surface area contributed by atoms with Crippen LogP contribution in [0, 0.1) is 15.9 Å². The number of carboxylic acids is 1. The molecular formula is C9H6BrFN2O4. The molecule has 0 spiro atoms. The summed E-state index contributed by atoms with van der Waals surface area (Å²) in [5.74, 6) is -1.95. The number of nitrogens with zero attached hydrogens (tertiary/aromatic N) is 1. The van der Waals surface area contributed by atoms with Gasteiger partial charge in [0, 0.05) is 0 Å². The number of hydrogen-bond donors (Lipinski definition) is 2. The maximum absolute atomic E-state index is 13.2. The highest BCUT2D eigenvalue weighted by atomic mass is 79.9. The fourth-order valence-electron chi connectivity index (χ4n) is 1.03. The number of halogens is 2. The summed E-state index contributed by atoms with van der Waals surface area (Å²) in [5, 5.41) is 21.2. The van der Waals surface area contributed by atoms with Crippen LogP contribution in [0.25, 0.3) is 0 Å². The Morgan fingerprint density at radius 2 is 2.24 bits per heavy atom. The topological polar surface area (TPSA) is 92.5 Å². The van der Waals surface area contributed by atoms with Crippen LogP contribution >= 0.6 is 15.9 Å². The molecule has 0 atom stereocenters. The van der Waals surface area contributed by atoms with Crippen LogP contribution in [0.1, 0.15) is 10.4 Å². The first-order chi connectivity index (χ1) is 7.91. The molecule has 0 radical (unpaired) electrons. The van der Waals surface area contributed by atoms with Gasteiger partial charge in [-0.25, -0.2) is 9.18 Å². The SMILES string of the molecule is O=C(O)c1cc(Br)c(F)cc1N/C=C/[N+](=O)[O-]. The quantitative estimate of drug-likeness (QED) is 0.658. The van der Waals surface area contributed by atoms with Gasteiger partial charge in [0.2, 0.25) is 6.20 Å². The average molecular weight is 305 g/mol. The molecule has 0 aliphatic carbocycles. The molecule has 0 saturated carbocycles. The van der Waals surface area contributed by atoms with E-state index in [1.165, 1.54) is 0 Å². The van der Waals surface area contributed by atoms with Gasteiger partial charge >= 0.3 is 5.97 Å². The summed E-state index contributed by atoms with van der Waals surface area (Å²) in [6, 6.07) is 2.00. The minimum atomic E-state index is -1.28. The van der Waals surface area contributed by atoms with Crippen molar-refractivity contribution in [3.05, 3.63) is 50.5 Å². The zero-order chi connectivity index (χ0) is 13.0. The average Bonchev–Trinajstić information content (AvgIpc) is 2.22. The van der Waals surface area contributed by atoms with Crippen LogP contribution in [0.3, 0.4) is 0 Å². The largest absolute Gasteiger partial charge is 0.478 e. The molecular weight excluding hydrogens is 299 g/mol. The number of benzene rings is 1. The smallest absolute Gasteiger partial charge is 0.337 e. The van der Waals surface area contributed by atoms with Crippen LogP contribution in [0.4, 0.5) is 10.1 Å². The normalized spacial score (nSPS) is 10.5. The summed E-state index contributed by atoms with van der Waals surface area (Å²) < 4.78 is 13.2. The summed E-state index contributed by atoms with van der Waals surface area (Å²) in [4.78, 5) is 20.1. The molecule has 90 valence electrons. The van der Waals surface area contributed by atoms with Crippen molar-refractivity contribution in [2.75, 3.05) is 5.32 Å². The zero-order valence-electron chi connectivity index (χ0n) is 8.18. The predicted octanol–water partition coefficient (Wildman–Crippen LogP) is 2.45. The van der Waals surface area contributed by atoms with Gasteiger partial charge in [-0.05, 0) is 28.1 Å². The molecule has 0 aliphatic rings. The van der Waals surface area contributed by atoms with Crippen molar-refractivity contribution >= 4 is 27.6 Å². The molecule has 0 saturated heterocycles. The van der Waals surface area contributed by atoms with Gasteiger partial charge in [0.25, 0.3) is 0 Å². The molecule has 0 aliphatic heterocycles. The van der Waals surface area contributed by atoms with Gasteiger partial charge in [0.1, 0.15) is 5.82 Å². The molecule has 17 heavy (non-hydrogen) atoms. The molecule has 1 aromatic carbocycles.